The minimum Gasteiger partial charge on any atom is -0.496 e. The van der Waals surface area contributed by atoms with Crippen molar-refractivity contribution < 1.29 is 19.4 Å². The molecular formula is C23H22N4O4. The van der Waals surface area contributed by atoms with Crippen LogP contribution in [0.15, 0.2) is 60.4 Å². The Kier molecular flexibility index (Phi) is 5.21. The zero-order valence-corrected chi connectivity index (χ0v) is 17.3. The van der Waals surface area contributed by atoms with Gasteiger partial charge in [0.15, 0.2) is 0 Å². The van der Waals surface area contributed by atoms with E-state index in [9.17, 15) is 14.7 Å². The molecule has 0 aliphatic carbocycles. The highest BCUT2D eigenvalue weighted by molar-refractivity contribution is 6.08. The van der Waals surface area contributed by atoms with Crippen LogP contribution in [0.2, 0.25) is 0 Å². The smallest absolute Gasteiger partial charge is 0.352 e. The summed E-state index contributed by atoms with van der Waals surface area (Å²) in [5.41, 5.74) is 3.65. The summed E-state index contributed by atoms with van der Waals surface area (Å²) in [5.74, 6) is -0.618. The molecule has 0 saturated carbocycles. The number of para-hydroxylation sites is 1. The number of aliphatic carboxylic acids is 1. The van der Waals surface area contributed by atoms with Crippen LogP contribution < -0.4 is 15.4 Å². The second kappa shape index (κ2) is 7.98. The Labute approximate surface area is 179 Å². The van der Waals surface area contributed by atoms with Crippen LogP contribution in [0.1, 0.15) is 33.1 Å². The highest BCUT2D eigenvalue weighted by Crippen LogP contribution is 2.36. The van der Waals surface area contributed by atoms with Crippen molar-refractivity contribution in [2.45, 2.75) is 19.9 Å². The standard InChI is InChI=1S/C23H22N4O4/c1-13-8-14(2)10-15(9-13)25-22(28)17-12-24-27-19(11-18(23(29)30)26-21(17)27)16-6-4-5-7-20(16)31-3/h4-12,19,26H,1-3H3,(H,25,28)(H,29,30). The maximum absolute atomic E-state index is 13.0. The number of carboxylic acids is 1. The first kappa shape index (κ1) is 20.2. The van der Waals surface area contributed by atoms with Gasteiger partial charge in [0.2, 0.25) is 0 Å². The molecule has 1 aliphatic heterocycles. The summed E-state index contributed by atoms with van der Waals surface area (Å²) < 4.78 is 7.03. The van der Waals surface area contributed by atoms with Gasteiger partial charge in [0.05, 0.1) is 13.3 Å². The Morgan fingerprint density at radius 1 is 1.16 bits per heavy atom. The van der Waals surface area contributed by atoms with Gasteiger partial charge in [0.25, 0.3) is 5.91 Å². The van der Waals surface area contributed by atoms with E-state index in [2.05, 4.69) is 15.7 Å². The van der Waals surface area contributed by atoms with Crippen LogP contribution in [-0.4, -0.2) is 33.9 Å². The van der Waals surface area contributed by atoms with Crippen molar-refractivity contribution >= 4 is 23.4 Å². The molecule has 1 aliphatic rings. The first-order valence-electron chi connectivity index (χ1n) is 9.69. The second-order valence-electron chi connectivity index (χ2n) is 7.38. The van der Waals surface area contributed by atoms with Gasteiger partial charge in [-0.15, -0.1) is 0 Å². The number of carboxylic acid groups (broad SMARTS) is 1. The fourth-order valence-corrected chi connectivity index (χ4v) is 3.76. The number of hydrogen-bond acceptors (Lipinski definition) is 5. The van der Waals surface area contributed by atoms with E-state index in [0.29, 0.717) is 17.3 Å². The van der Waals surface area contributed by atoms with Crippen molar-refractivity contribution in [3.05, 3.63) is 82.7 Å². The molecule has 158 valence electrons. The maximum Gasteiger partial charge on any atom is 0.352 e. The number of rotatable bonds is 5. The van der Waals surface area contributed by atoms with E-state index in [4.69, 9.17) is 4.74 Å². The summed E-state index contributed by atoms with van der Waals surface area (Å²) in [6, 6.07) is 12.5. The van der Waals surface area contributed by atoms with Crippen molar-refractivity contribution in [2.75, 3.05) is 17.7 Å². The third-order valence-corrected chi connectivity index (χ3v) is 5.05. The van der Waals surface area contributed by atoms with Crippen LogP contribution in [0.5, 0.6) is 5.75 Å². The predicted molar refractivity (Wildman–Crippen MR) is 117 cm³/mol. The lowest BCUT2D eigenvalue weighted by Crippen LogP contribution is -2.26. The summed E-state index contributed by atoms with van der Waals surface area (Å²) in [7, 11) is 1.55. The Hall–Kier alpha value is -4.07. The predicted octanol–water partition coefficient (Wildman–Crippen LogP) is 3.74. The van der Waals surface area contributed by atoms with Crippen LogP contribution in [0.4, 0.5) is 11.5 Å². The number of hydrogen-bond donors (Lipinski definition) is 3. The number of carbonyl (C=O) groups is 2. The Bertz CT molecular complexity index is 1190. The number of nitrogens with zero attached hydrogens (tertiary/aromatic N) is 2. The number of carbonyl (C=O) groups excluding carboxylic acids is 1. The first-order chi connectivity index (χ1) is 14.9. The molecule has 0 saturated heterocycles. The van der Waals surface area contributed by atoms with Gasteiger partial charge in [0.1, 0.15) is 28.9 Å². The zero-order chi connectivity index (χ0) is 22.1. The third kappa shape index (κ3) is 3.87. The van der Waals surface area contributed by atoms with E-state index in [-0.39, 0.29) is 17.2 Å². The SMILES string of the molecule is COc1ccccc1C1C=C(C(=O)O)Nc2c(C(=O)Nc3cc(C)cc(C)c3)cnn21. The van der Waals surface area contributed by atoms with Crippen molar-refractivity contribution in [1.82, 2.24) is 9.78 Å². The summed E-state index contributed by atoms with van der Waals surface area (Å²) in [4.78, 5) is 24.8. The minimum atomic E-state index is -1.13. The van der Waals surface area contributed by atoms with E-state index in [1.54, 1.807) is 23.9 Å². The molecule has 8 heteroatoms. The van der Waals surface area contributed by atoms with Gasteiger partial charge in [0, 0.05) is 11.3 Å². The average Bonchev–Trinajstić information content (AvgIpc) is 3.16. The third-order valence-electron chi connectivity index (χ3n) is 5.05. The van der Waals surface area contributed by atoms with Gasteiger partial charge in [-0.25, -0.2) is 9.48 Å². The molecule has 0 fully saturated rings. The Balaban J connectivity index is 1.75. The van der Waals surface area contributed by atoms with Crippen LogP contribution in [-0.2, 0) is 4.79 Å². The minimum absolute atomic E-state index is 0.0376. The van der Waals surface area contributed by atoms with E-state index in [0.717, 1.165) is 16.7 Å². The highest BCUT2D eigenvalue weighted by Gasteiger charge is 2.30. The van der Waals surface area contributed by atoms with Gasteiger partial charge in [-0.2, -0.15) is 5.10 Å². The molecule has 3 aromatic rings. The molecule has 0 spiro atoms. The topological polar surface area (TPSA) is 105 Å². The van der Waals surface area contributed by atoms with Gasteiger partial charge in [-0.05, 0) is 49.2 Å². The number of nitrogens with one attached hydrogen (secondary N) is 2. The Morgan fingerprint density at radius 3 is 2.55 bits per heavy atom. The molecule has 31 heavy (non-hydrogen) atoms. The van der Waals surface area contributed by atoms with Crippen molar-refractivity contribution in [2.24, 2.45) is 0 Å². The molecule has 8 nitrogen and oxygen atoms in total. The molecule has 4 rings (SSSR count). The number of allylic oxidation sites excluding steroid dienone is 1. The first-order valence-corrected chi connectivity index (χ1v) is 9.69. The quantitative estimate of drug-likeness (QED) is 0.583. The molecule has 1 unspecified atom stereocenters. The van der Waals surface area contributed by atoms with Gasteiger partial charge < -0.3 is 20.5 Å². The normalized spacial score (nSPS) is 14.8. The molecule has 2 heterocycles. The van der Waals surface area contributed by atoms with Crippen LogP contribution in [0.25, 0.3) is 0 Å². The monoisotopic (exact) mass is 418 g/mol. The average molecular weight is 418 g/mol. The molecule has 3 N–H and O–H groups in total. The van der Waals surface area contributed by atoms with E-state index >= 15 is 0 Å². The molecule has 1 amide bonds. The number of methoxy groups -OCH3 is 1. The molecule has 1 aromatic heterocycles. The fourth-order valence-electron chi connectivity index (χ4n) is 3.76. The zero-order valence-electron chi connectivity index (χ0n) is 17.3. The van der Waals surface area contributed by atoms with E-state index in [1.165, 1.54) is 6.20 Å². The number of aromatic nitrogens is 2. The van der Waals surface area contributed by atoms with E-state index < -0.39 is 12.0 Å². The summed E-state index contributed by atoms with van der Waals surface area (Å²) in [5, 5.41) is 19.7. The number of fused-ring (bicyclic) bond motifs is 1. The number of benzene rings is 2. The van der Waals surface area contributed by atoms with Gasteiger partial charge in [-0.3, -0.25) is 4.79 Å². The summed E-state index contributed by atoms with van der Waals surface area (Å²) >= 11 is 0. The van der Waals surface area contributed by atoms with Gasteiger partial charge in [-0.1, -0.05) is 24.3 Å². The largest absolute Gasteiger partial charge is 0.496 e. The van der Waals surface area contributed by atoms with Crippen LogP contribution >= 0.6 is 0 Å². The number of anilines is 2. The number of aryl methyl sites for hydroxylation is 2. The second-order valence-corrected chi connectivity index (χ2v) is 7.38. The molecule has 0 bridgehead atoms. The fraction of sp³-hybridized carbons (Fsp3) is 0.174. The maximum atomic E-state index is 13.0. The lowest BCUT2D eigenvalue weighted by atomic mass is 10.0. The molecule has 1 atom stereocenters. The van der Waals surface area contributed by atoms with Crippen molar-refractivity contribution in [3.8, 4) is 5.75 Å². The summed E-state index contributed by atoms with van der Waals surface area (Å²) in [6.45, 7) is 3.90. The molecule has 2 aromatic carbocycles. The van der Waals surface area contributed by atoms with Crippen molar-refractivity contribution in [3.63, 3.8) is 0 Å². The highest BCUT2D eigenvalue weighted by atomic mass is 16.5. The summed E-state index contributed by atoms with van der Waals surface area (Å²) in [6.07, 6.45) is 2.98. The van der Waals surface area contributed by atoms with Crippen LogP contribution in [0.3, 0.4) is 0 Å². The van der Waals surface area contributed by atoms with Crippen LogP contribution in [0, 0.1) is 13.8 Å². The molecular weight excluding hydrogens is 396 g/mol. The number of amides is 1. The van der Waals surface area contributed by atoms with E-state index in [1.807, 2.05) is 50.2 Å². The lowest BCUT2D eigenvalue weighted by Gasteiger charge is -2.25. The number of ether oxygens (including phenoxy) is 1. The van der Waals surface area contributed by atoms with Gasteiger partial charge >= 0.3 is 5.97 Å². The van der Waals surface area contributed by atoms with Crippen molar-refractivity contribution in [1.29, 1.82) is 0 Å². The Morgan fingerprint density at radius 2 is 1.87 bits per heavy atom. The molecule has 0 radical (unpaired) electrons. The lowest BCUT2D eigenvalue weighted by molar-refractivity contribution is -0.132.